The minimum atomic E-state index is -0.306. The Bertz CT molecular complexity index is 157. The molecule has 0 radical (unpaired) electrons. The molecule has 0 spiro atoms. The highest BCUT2D eigenvalue weighted by atomic mass is 16.5. The molecule has 0 N–H and O–H groups in total. The summed E-state index contributed by atoms with van der Waals surface area (Å²) in [5.74, 6) is -0.306. The number of ether oxygens (including phenoxy) is 1. The summed E-state index contributed by atoms with van der Waals surface area (Å²) in [6.07, 6.45) is 3.16. The van der Waals surface area contributed by atoms with E-state index in [0.717, 1.165) is 0 Å². The van der Waals surface area contributed by atoms with Gasteiger partial charge >= 0.3 is 5.97 Å². The second kappa shape index (κ2) is 4.79. The molecule has 0 aliphatic carbocycles. The van der Waals surface area contributed by atoms with Gasteiger partial charge in [-0.05, 0) is 13.8 Å². The lowest BCUT2D eigenvalue weighted by molar-refractivity contribution is -0.138. The molecule has 56 valence electrons. The van der Waals surface area contributed by atoms with Crippen LogP contribution in [0.1, 0.15) is 13.8 Å². The Balaban J connectivity index is 4.04. The van der Waals surface area contributed by atoms with Gasteiger partial charge in [-0.25, -0.2) is 4.79 Å². The van der Waals surface area contributed by atoms with Gasteiger partial charge in [-0.3, -0.25) is 0 Å². The molecular formula is C8H12O2. The van der Waals surface area contributed by atoms with Crippen molar-refractivity contribution in [3.63, 3.8) is 0 Å². The molecule has 0 saturated carbocycles. The van der Waals surface area contributed by atoms with Crippen LogP contribution < -0.4 is 0 Å². The van der Waals surface area contributed by atoms with Gasteiger partial charge in [-0.2, -0.15) is 0 Å². The Morgan fingerprint density at radius 3 is 2.60 bits per heavy atom. The number of allylic oxidation sites excluding steroid dienone is 1. The molecule has 0 saturated heterocycles. The summed E-state index contributed by atoms with van der Waals surface area (Å²) >= 11 is 0. The van der Waals surface area contributed by atoms with Gasteiger partial charge in [0.05, 0.1) is 12.2 Å². The Kier molecular flexibility index (Phi) is 4.29. The fourth-order valence-corrected chi connectivity index (χ4v) is 0.533. The van der Waals surface area contributed by atoms with Crippen molar-refractivity contribution in [3.8, 4) is 0 Å². The third kappa shape index (κ3) is 2.49. The quantitative estimate of drug-likeness (QED) is 0.338. The largest absolute Gasteiger partial charge is 0.462 e. The molecule has 0 aromatic heterocycles. The van der Waals surface area contributed by atoms with Crippen LogP contribution >= 0.6 is 0 Å². The van der Waals surface area contributed by atoms with Crippen molar-refractivity contribution in [3.05, 3.63) is 24.3 Å². The van der Waals surface area contributed by atoms with Gasteiger partial charge in [0.15, 0.2) is 0 Å². The molecular weight excluding hydrogens is 128 g/mol. The number of carbonyl (C=O) groups is 1. The van der Waals surface area contributed by atoms with Crippen LogP contribution in [0.4, 0.5) is 0 Å². The molecule has 0 fully saturated rings. The van der Waals surface area contributed by atoms with Gasteiger partial charge in [0, 0.05) is 0 Å². The molecule has 0 amide bonds. The lowest BCUT2D eigenvalue weighted by Gasteiger charge is -1.99. The van der Waals surface area contributed by atoms with E-state index in [1.165, 1.54) is 6.08 Å². The number of carbonyl (C=O) groups excluding carboxylic acids is 1. The van der Waals surface area contributed by atoms with E-state index in [2.05, 4.69) is 6.58 Å². The summed E-state index contributed by atoms with van der Waals surface area (Å²) in [6, 6.07) is 0. The highest BCUT2D eigenvalue weighted by Crippen LogP contribution is 1.97. The maximum absolute atomic E-state index is 10.8. The van der Waals surface area contributed by atoms with E-state index in [1.54, 1.807) is 19.9 Å². The van der Waals surface area contributed by atoms with Gasteiger partial charge in [-0.1, -0.05) is 18.7 Å². The van der Waals surface area contributed by atoms with E-state index in [4.69, 9.17) is 4.74 Å². The zero-order valence-electron chi connectivity index (χ0n) is 6.39. The third-order valence-electron chi connectivity index (χ3n) is 1.04. The van der Waals surface area contributed by atoms with E-state index in [1.807, 2.05) is 0 Å². The highest BCUT2D eigenvalue weighted by Gasteiger charge is 2.02. The second-order valence-electron chi connectivity index (χ2n) is 1.67. The Morgan fingerprint density at radius 1 is 1.70 bits per heavy atom. The van der Waals surface area contributed by atoms with E-state index < -0.39 is 0 Å². The first-order valence-electron chi connectivity index (χ1n) is 3.22. The van der Waals surface area contributed by atoms with E-state index in [9.17, 15) is 4.79 Å². The van der Waals surface area contributed by atoms with Gasteiger partial charge in [-0.15, -0.1) is 0 Å². The van der Waals surface area contributed by atoms with Gasteiger partial charge in [0.2, 0.25) is 0 Å². The maximum Gasteiger partial charge on any atom is 0.337 e. The summed E-state index contributed by atoms with van der Waals surface area (Å²) in [6.45, 7) is 7.42. The number of rotatable bonds is 3. The monoisotopic (exact) mass is 140 g/mol. The zero-order valence-corrected chi connectivity index (χ0v) is 6.39. The Labute approximate surface area is 61.2 Å². The van der Waals surface area contributed by atoms with Crippen LogP contribution in [0.3, 0.4) is 0 Å². The van der Waals surface area contributed by atoms with Crippen LogP contribution in [0, 0.1) is 0 Å². The molecule has 2 nitrogen and oxygen atoms in total. The average Bonchev–Trinajstić information content (AvgIpc) is 1.91. The molecule has 0 unspecified atom stereocenters. The van der Waals surface area contributed by atoms with E-state index in [0.29, 0.717) is 12.2 Å². The fraction of sp³-hybridized carbons (Fsp3) is 0.375. The van der Waals surface area contributed by atoms with Gasteiger partial charge in [0.25, 0.3) is 0 Å². The molecule has 0 aromatic carbocycles. The lowest BCUT2D eigenvalue weighted by Crippen LogP contribution is -2.05. The summed E-state index contributed by atoms with van der Waals surface area (Å²) in [7, 11) is 0. The zero-order chi connectivity index (χ0) is 7.98. The lowest BCUT2D eigenvalue weighted by atomic mass is 10.2. The molecule has 2 heteroatoms. The molecule has 0 atom stereocenters. The summed E-state index contributed by atoms with van der Waals surface area (Å²) in [5.41, 5.74) is 0.516. The van der Waals surface area contributed by atoms with Crippen molar-refractivity contribution in [2.45, 2.75) is 13.8 Å². The Morgan fingerprint density at radius 2 is 2.30 bits per heavy atom. The SMILES string of the molecule is C=CC(=CC)C(=O)OCC. The van der Waals surface area contributed by atoms with Crippen molar-refractivity contribution < 1.29 is 9.53 Å². The number of esters is 1. The summed E-state index contributed by atoms with van der Waals surface area (Å²) < 4.78 is 4.71. The van der Waals surface area contributed by atoms with Crippen molar-refractivity contribution in [1.82, 2.24) is 0 Å². The molecule has 0 heterocycles. The topological polar surface area (TPSA) is 26.3 Å². The van der Waals surface area contributed by atoms with Gasteiger partial charge in [0.1, 0.15) is 0 Å². The highest BCUT2D eigenvalue weighted by molar-refractivity contribution is 5.91. The third-order valence-corrected chi connectivity index (χ3v) is 1.04. The number of hydrogen-bond acceptors (Lipinski definition) is 2. The van der Waals surface area contributed by atoms with E-state index >= 15 is 0 Å². The molecule has 0 bridgehead atoms. The predicted molar refractivity (Wildman–Crippen MR) is 40.6 cm³/mol. The van der Waals surface area contributed by atoms with Gasteiger partial charge < -0.3 is 4.74 Å². The molecule has 0 aliphatic rings. The maximum atomic E-state index is 10.8. The van der Waals surface area contributed by atoms with Crippen molar-refractivity contribution in [2.24, 2.45) is 0 Å². The van der Waals surface area contributed by atoms with E-state index in [-0.39, 0.29) is 5.97 Å². The average molecular weight is 140 g/mol. The molecule has 10 heavy (non-hydrogen) atoms. The van der Waals surface area contributed by atoms with Crippen molar-refractivity contribution >= 4 is 5.97 Å². The van der Waals surface area contributed by atoms with Crippen LogP contribution in [-0.4, -0.2) is 12.6 Å². The fourth-order valence-electron chi connectivity index (χ4n) is 0.533. The van der Waals surface area contributed by atoms with Crippen LogP contribution in [0.5, 0.6) is 0 Å². The van der Waals surface area contributed by atoms with Crippen LogP contribution in [0.15, 0.2) is 24.3 Å². The van der Waals surface area contributed by atoms with Crippen molar-refractivity contribution in [2.75, 3.05) is 6.61 Å². The Hall–Kier alpha value is -1.05. The first-order valence-corrected chi connectivity index (χ1v) is 3.22. The standard InChI is InChI=1S/C8H12O2/c1-4-7(5-2)8(9)10-6-3/h4-5H,1,6H2,2-3H3. The molecule has 0 rings (SSSR count). The summed E-state index contributed by atoms with van der Waals surface area (Å²) in [5, 5.41) is 0. The minimum Gasteiger partial charge on any atom is -0.462 e. The van der Waals surface area contributed by atoms with Crippen LogP contribution in [0.2, 0.25) is 0 Å². The second-order valence-corrected chi connectivity index (χ2v) is 1.67. The van der Waals surface area contributed by atoms with Crippen molar-refractivity contribution in [1.29, 1.82) is 0 Å². The smallest absolute Gasteiger partial charge is 0.337 e. The molecule has 0 aromatic rings. The first kappa shape index (κ1) is 8.95. The molecule has 0 aliphatic heterocycles. The predicted octanol–water partition coefficient (Wildman–Crippen LogP) is 1.68. The first-order chi connectivity index (χ1) is 4.76. The minimum absolute atomic E-state index is 0.306. The summed E-state index contributed by atoms with van der Waals surface area (Å²) in [4.78, 5) is 10.8. The van der Waals surface area contributed by atoms with Crippen LogP contribution in [-0.2, 0) is 9.53 Å². The normalized spacial score (nSPS) is 10.8. The number of hydrogen-bond donors (Lipinski definition) is 0. The van der Waals surface area contributed by atoms with Crippen LogP contribution in [0.25, 0.3) is 0 Å².